The van der Waals surface area contributed by atoms with Crippen molar-refractivity contribution in [3.05, 3.63) is 136 Å². The minimum absolute atomic E-state index is 0.0254. The van der Waals surface area contributed by atoms with Gasteiger partial charge in [0.2, 0.25) is 5.82 Å². The highest BCUT2D eigenvalue weighted by Gasteiger charge is 2.29. The Labute approximate surface area is 274 Å². The number of thiazole rings is 1. The Kier molecular flexibility index (Phi) is 8.79. The van der Waals surface area contributed by atoms with Gasteiger partial charge < -0.3 is 9.32 Å². The lowest BCUT2D eigenvalue weighted by Crippen LogP contribution is -2.50. The molecule has 0 atom stereocenters. The lowest BCUT2D eigenvalue weighted by Gasteiger charge is -2.39. The van der Waals surface area contributed by atoms with E-state index < -0.39 is 0 Å². The van der Waals surface area contributed by atoms with Gasteiger partial charge in [-0.05, 0) is 47.5 Å². The summed E-state index contributed by atoms with van der Waals surface area (Å²) in [5.74, 6) is 1.74. The Morgan fingerprint density at radius 1 is 0.867 bits per heavy atom. The second-order valence-electron chi connectivity index (χ2n) is 10.6. The summed E-state index contributed by atoms with van der Waals surface area (Å²) in [6, 6.07) is 32.5. The third-order valence-electron chi connectivity index (χ3n) is 7.75. The zero-order chi connectivity index (χ0) is 30.6. The number of aromatic nitrogens is 4. The average molecular weight is 653 g/mol. The summed E-state index contributed by atoms with van der Waals surface area (Å²) in [6.07, 6.45) is 1.61. The quantitative estimate of drug-likeness (QED) is 0.150. The predicted octanol–water partition coefficient (Wildman–Crippen LogP) is 7.48. The summed E-state index contributed by atoms with van der Waals surface area (Å²) in [6.45, 7) is 2.86. The molecule has 1 amide bonds. The molecule has 6 aromatic rings. The van der Waals surface area contributed by atoms with Crippen molar-refractivity contribution in [2.75, 3.05) is 26.2 Å². The minimum atomic E-state index is -0.0254. The van der Waals surface area contributed by atoms with Crippen LogP contribution in [0.15, 0.2) is 118 Å². The number of nitrogens with zero attached hydrogens (tertiary/aromatic N) is 6. The van der Waals surface area contributed by atoms with Gasteiger partial charge in [0, 0.05) is 42.3 Å². The van der Waals surface area contributed by atoms with E-state index in [1.54, 1.807) is 6.26 Å². The van der Waals surface area contributed by atoms with E-state index >= 15 is 0 Å². The molecule has 0 unspecified atom stereocenters. The highest BCUT2D eigenvalue weighted by Crippen LogP contribution is 2.32. The van der Waals surface area contributed by atoms with Gasteiger partial charge in [-0.15, -0.1) is 21.5 Å². The molecule has 1 fully saturated rings. The Bertz CT molecular complexity index is 1810. The summed E-state index contributed by atoms with van der Waals surface area (Å²) in [5.41, 5.74) is 3.87. The number of thioether (sulfide) groups is 1. The van der Waals surface area contributed by atoms with Gasteiger partial charge in [-0.25, -0.2) is 4.98 Å². The number of carbonyl (C=O) groups is 1. The number of furan rings is 1. The minimum Gasteiger partial charge on any atom is -0.461 e. The first kappa shape index (κ1) is 29.5. The van der Waals surface area contributed by atoms with Crippen LogP contribution in [0.3, 0.4) is 0 Å². The molecular formula is C34H29ClN6O2S2. The Morgan fingerprint density at radius 3 is 2.20 bits per heavy atom. The van der Waals surface area contributed by atoms with Crippen LogP contribution in [-0.2, 0) is 5.75 Å². The molecule has 0 radical (unpaired) electrons. The highest BCUT2D eigenvalue weighted by molar-refractivity contribution is 7.98. The van der Waals surface area contributed by atoms with E-state index in [4.69, 9.17) is 21.0 Å². The van der Waals surface area contributed by atoms with Gasteiger partial charge >= 0.3 is 0 Å². The van der Waals surface area contributed by atoms with Crippen LogP contribution in [0.1, 0.15) is 32.7 Å². The molecule has 3 aromatic carbocycles. The molecule has 1 aliphatic rings. The molecule has 4 heterocycles. The van der Waals surface area contributed by atoms with Crippen molar-refractivity contribution in [3.63, 3.8) is 0 Å². The fourth-order valence-corrected chi connectivity index (χ4v) is 7.45. The van der Waals surface area contributed by atoms with Crippen LogP contribution in [0.5, 0.6) is 0 Å². The SMILES string of the molecule is O=C(c1csc(CSc2nnc(-c3ccco3)n2-c2ccc(Cl)cc2)n1)N1CCN(C(c2ccccc2)c2ccccc2)CC1. The first-order valence-corrected chi connectivity index (χ1v) is 16.8. The molecular weight excluding hydrogens is 624 g/mol. The van der Waals surface area contributed by atoms with Gasteiger partial charge in [0.15, 0.2) is 10.9 Å². The van der Waals surface area contributed by atoms with E-state index in [0.29, 0.717) is 46.3 Å². The Balaban J connectivity index is 1.02. The largest absolute Gasteiger partial charge is 0.461 e. The van der Waals surface area contributed by atoms with Gasteiger partial charge in [0.1, 0.15) is 10.7 Å². The average Bonchev–Trinajstić information content (AvgIpc) is 3.87. The predicted molar refractivity (Wildman–Crippen MR) is 178 cm³/mol. The maximum Gasteiger partial charge on any atom is 0.273 e. The van der Waals surface area contributed by atoms with Crippen molar-refractivity contribution in [2.45, 2.75) is 17.0 Å². The van der Waals surface area contributed by atoms with E-state index in [9.17, 15) is 4.79 Å². The number of rotatable bonds is 9. The number of carbonyl (C=O) groups excluding carboxylic acids is 1. The van der Waals surface area contributed by atoms with Crippen molar-refractivity contribution in [2.24, 2.45) is 0 Å². The van der Waals surface area contributed by atoms with Crippen molar-refractivity contribution in [1.82, 2.24) is 29.5 Å². The van der Waals surface area contributed by atoms with Crippen LogP contribution >= 0.6 is 34.7 Å². The molecule has 45 heavy (non-hydrogen) atoms. The number of benzene rings is 3. The molecule has 11 heteroatoms. The second-order valence-corrected chi connectivity index (χ2v) is 12.9. The van der Waals surface area contributed by atoms with Crippen LogP contribution in [0, 0.1) is 0 Å². The summed E-state index contributed by atoms with van der Waals surface area (Å²) >= 11 is 9.14. The number of piperazine rings is 1. The lowest BCUT2D eigenvalue weighted by atomic mass is 9.96. The third-order valence-corrected chi connectivity index (χ3v) is 9.98. The molecule has 0 aliphatic carbocycles. The molecule has 8 nitrogen and oxygen atoms in total. The number of hydrogen-bond donors (Lipinski definition) is 0. The topological polar surface area (TPSA) is 80.3 Å². The van der Waals surface area contributed by atoms with Gasteiger partial charge in [-0.2, -0.15) is 0 Å². The van der Waals surface area contributed by atoms with Crippen LogP contribution in [-0.4, -0.2) is 61.6 Å². The van der Waals surface area contributed by atoms with Crippen molar-refractivity contribution in [3.8, 4) is 17.3 Å². The van der Waals surface area contributed by atoms with Crippen molar-refractivity contribution in [1.29, 1.82) is 0 Å². The van der Waals surface area contributed by atoms with E-state index in [2.05, 4.69) is 63.6 Å². The van der Waals surface area contributed by atoms with Crippen molar-refractivity contribution < 1.29 is 9.21 Å². The lowest BCUT2D eigenvalue weighted by molar-refractivity contribution is 0.0592. The van der Waals surface area contributed by atoms with E-state index in [1.807, 2.05) is 63.4 Å². The van der Waals surface area contributed by atoms with Gasteiger partial charge in [0.05, 0.1) is 18.1 Å². The number of amides is 1. The van der Waals surface area contributed by atoms with Crippen LogP contribution in [0.25, 0.3) is 17.3 Å². The maximum absolute atomic E-state index is 13.5. The van der Waals surface area contributed by atoms with Crippen LogP contribution in [0.4, 0.5) is 0 Å². The highest BCUT2D eigenvalue weighted by atomic mass is 35.5. The number of halogens is 1. The van der Waals surface area contributed by atoms with Gasteiger partial charge in [0.25, 0.3) is 5.91 Å². The summed E-state index contributed by atoms with van der Waals surface area (Å²) in [4.78, 5) is 22.6. The van der Waals surface area contributed by atoms with E-state index in [-0.39, 0.29) is 11.9 Å². The summed E-state index contributed by atoms with van der Waals surface area (Å²) < 4.78 is 7.56. The number of hydrogen-bond acceptors (Lipinski definition) is 8. The Morgan fingerprint density at radius 2 is 1.56 bits per heavy atom. The standard InChI is InChI=1S/C34H29ClN6O2S2/c35-26-13-15-27(16-14-26)41-32(29-12-7-21-43-29)37-38-34(41)45-23-30-36-28(22-44-30)33(42)40-19-17-39(18-20-40)31(24-8-3-1-4-9-24)25-10-5-2-6-11-25/h1-16,21-22,31H,17-20,23H2. The molecule has 3 aromatic heterocycles. The third kappa shape index (κ3) is 6.46. The zero-order valence-corrected chi connectivity index (χ0v) is 26.6. The molecule has 7 rings (SSSR count). The fraction of sp³-hybridized carbons (Fsp3) is 0.176. The monoisotopic (exact) mass is 652 g/mol. The van der Waals surface area contributed by atoms with E-state index in [1.165, 1.54) is 34.2 Å². The van der Waals surface area contributed by atoms with Crippen LogP contribution < -0.4 is 0 Å². The van der Waals surface area contributed by atoms with Gasteiger partial charge in [-0.1, -0.05) is 84.0 Å². The second kappa shape index (κ2) is 13.4. The maximum atomic E-state index is 13.5. The van der Waals surface area contributed by atoms with Gasteiger partial charge in [-0.3, -0.25) is 14.3 Å². The smallest absolute Gasteiger partial charge is 0.273 e. The van der Waals surface area contributed by atoms with Crippen molar-refractivity contribution >= 4 is 40.6 Å². The molecule has 1 aliphatic heterocycles. The normalized spacial score (nSPS) is 13.9. The Hall–Kier alpha value is -4.22. The molecule has 1 saturated heterocycles. The fourth-order valence-electron chi connectivity index (χ4n) is 5.58. The zero-order valence-electron chi connectivity index (χ0n) is 24.2. The summed E-state index contributed by atoms with van der Waals surface area (Å²) in [7, 11) is 0. The first-order valence-electron chi connectivity index (χ1n) is 14.6. The molecule has 0 saturated carbocycles. The molecule has 0 spiro atoms. The molecule has 226 valence electrons. The molecule has 0 N–H and O–H groups in total. The van der Waals surface area contributed by atoms with E-state index in [0.717, 1.165) is 23.8 Å². The molecule has 0 bridgehead atoms. The van der Waals surface area contributed by atoms with Crippen LogP contribution in [0.2, 0.25) is 5.02 Å². The first-order chi connectivity index (χ1) is 22.1. The summed E-state index contributed by atoms with van der Waals surface area (Å²) in [5, 5.41) is 12.9.